The molecule has 0 saturated carbocycles. The first-order chi connectivity index (χ1) is 9.56. The van der Waals surface area contributed by atoms with Crippen molar-refractivity contribution < 1.29 is 9.53 Å². The standard InChI is InChI=1S/C17H15ClO2/c1-12-5-3-4-6-14(12)7-8-15-11-16(18)9-10-17(15)20-13(2)19/h3-11H,1-2H3/b8-7+. The van der Waals surface area contributed by atoms with Crippen LogP contribution in [0.5, 0.6) is 5.75 Å². The summed E-state index contributed by atoms with van der Waals surface area (Å²) in [7, 11) is 0. The Labute approximate surface area is 123 Å². The molecule has 2 rings (SSSR count). The Balaban J connectivity index is 2.35. The minimum Gasteiger partial charge on any atom is -0.426 e. The van der Waals surface area contributed by atoms with E-state index in [2.05, 4.69) is 0 Å². The molecule has 2 aromatic rings. The summed E-state index contributed by atoms with van der Waals surface area (Å²) in [4.78, 5) is 11.1. The second-order valence-corrected chi connectivity index (χ2v) is 4.90. The molecular weight excluding hydrogens is 272 g/mol. The van der Waals surface area contributed by atoms with Gasteiger partial charge < -0.3 is 4.74 Å². The van der Waals surface area contributed by atoms with Gasteiger partial charge in [0, 0.05) is 17.5 Å². The van der Waals surface area contributed by atoms with Crippen LogP contribution < -0.4 is 4.74 Å². The number of aryl methyl sites for hydroxylation is 1. The van der Waals surface area contributed by atoms with E-state index in [0.717, 1.165) is 11.1 Å². The van der Waals surface area contributed by atoms with Crippen LogP contribution in [0.3, 0.4) is 0 Å². The van der Waals surface area contributed by atoms with Crippen molar-refractivity contribution in [3.63, 3.8) is 0 Å². The first kappa shape index (κ1) is 14.4. The van der Waals surface area contributed by atoms with Gasteiger partial charge in [-0.1, -0.05) is 48.0 Å². The van der Waals surface area contributed by atoms with Crippen LogP contribution in [0, 0.1) is 6.92 Å². The Hall–Kier alpha value is -2.06. The largest absolute Gasteiger partial charge is 0.426 e. The van der Waals surface area contributed by atoms with E-state index in [1.165, 1.54) is 12.5 Å². The molecule has 0 N–H and O–H groups in total. The summed E-state index contributed by atoms with van der Waals surface area (Å²) in [5.74, 6) is 0.157. The van der Waals surface area contributed by atoms with Gasteiger partial charge in [0.2, 0.25) is 0 Å². The van der Waals surface area contributed by atoms with Crippen LogP contribution in [-0.4, -0.2) is 5.97 Å². The van der Waals surface area contributed by atoms with Crippen LogP contribution >= 0.6 is 11.6 Å². The van der Waals surface area contributed by atoms with Crippen LogP contribution in [0.4, 0.5) is 0 Å². The van der Waals surface area contributed by atoms with Gasteiger partial charge in [-0.3, -0.25) is 4.79 Å². The van der Waals surface area contributed by atoms with Crippen molar-refractivity contribution in [2.24, 2.45) is 0 Å². The molecule has 20 heavy (non-hydrogen) atoms. The van der Waals surface area contributed by atoms with Crippen molar-refractivity contribution >= 4 is 29.7 Å². The van der Waals surface area contributed by atoms with Crippen molar-refractivity contribution in [1.82, 2.24) is 0 Å². The first-order valence-electron chi connectivity index (χ1n) is 6.28. The SMILES string of the molecule is CC(=O)Oc1ccc(Cl)cc1/C=C/c1ccccc1C. The highest BCUT2D eigenvalue weighted by Crippen LogP contribution is 2.25. The molecule has 0 saturated heterocycles. The third-order valence-corrected chi connectivity index (χ3v) is 3.09. The van der Waals surface area contributed by atoms with Crippen molar-refractivity contribution in [3.05, 3.63) is 64.2 Å². The van der Waals surface area contributed by atoms with Crippen molar-refractivity contribution in [2.75, 3.05) is 0 Å². The summed E-state index contributed by atoms with van der Waals surface area (Å²) in [6, 6.07) is 13.2. The second-order valence-electron chi connectivity index (χ2n) is 4.47. The summed E-state index contributed by atoms with van der Waals surface area (Å²) in [5.41, 5.74) is 3.07. The number of carbonyl (C=O) groups is 1. The maximum Gasteiger partial charge on any atom is 0.308 e. The molecule has 0 atom stereocenters. The lowest BCUT2D eigenvalue weighted by Crippen LogP contribution is -2.02. The zero-order valence-electron chi connectivity index (χ0n) is 11.4. The number of rotatable bonds is 3. The zero-order chi connectivity index (χ0) is 14.5. The Kier molecular flexibility index (Phi) is 4.59. The van der Waals surface area contributed by atoms with Gasteiger partial charge in [0.05, 0.1) is 0 Å². The molecule has 0 aliphatic heterocycles. The van der Waals surface area contributed by atoms with E-state index in [1.807, 2.05) is 43.3 Å². The molecule has 0 radical (unpaired) electrons. The van der Waals surface area contributed by atoms with Gasteiger partial charge in [-0.2, -0.15) is 0 Å². The van der Waals surface area contributed by atoms with Gasteiger partial charge in [-0.15, -0.1) is 0 Å². The van der Waals surface area contributed by atoms with Gasteiger partial charge >= 0.3 is 5.97 Å². The quantitative estimate of drug-likeness (QED) is 0.463. The van der Waals surface area contributed by atoms with E-state index >= 15 is 0 Å². The molecule has 102 valence electrons. The maximum absolute atomic E-state index is 11.1. The van der Waals surface area contributed by atoms with E-state index in [9.17, 15) is 4.79 Å². The molecular formula is C17H15ClO2. The van der Waals surface area contributed by atoms with Crippen molar-refractivity contribution in [2.45, 2.75) is 13.8 Å². The average Bonchev–Trinajstić information content (AvgIpc) is 2.40. The third-order valence-electron chi connectivity index (χ3n) is 2.86. The fourth-order valence-corrected chi connectivity index (χ4v) is 2.03. The Morgan fingerprint density at radius 3 is 2.50 bits per heavy atom. The second kappa shape index (κ2) is 6.40. The number of hydrogen-bond acceptors (Lipinski definition) is 2. The topological polar surface area (TPSA) is 26.3 Å². The summed E-state index contributed by atoms with van der Waals surface area (Å²) >= 11 is 5.99. The minimum atomic E-state index is -0.349. The molecule has 0 aliphatic carbocycles. The monoisotopic (exact) mass is 286 g/mol. The zero-order valence-corrected chi connectivity index (χ0v) is 12.1. The van der Waals surface area contributed by atoms with Gasteiger partial charge in [0.15, 0.2) is 0 Å². The van der Waals surface area contributed by atoms with Crippen LogP contribution in [0.15, 0.2) is 42.5 Å². The van der Waals surface area contributed by atoms with E-state index in [0.29, 0.717) is 10.8 Å². The molecule has 0 amide bonds. The van der Waals surface area contributed by atoms with Gasteiger partial charge in [0.1, 0.15) is 5.75 Å². The fraction of sp³-hybridized carbons (Fsp3) is 0.118. The molecule has 2 aromatic carbocycles. The first-order valence-corrected chi connectivity index (χ1v) is 6.66. The lowest BCUT2D eigenvalue weighted by Gasteiger charge is -2.06. The average molecular weight is 287 g/mol. The molecule has 0 bridgehead atoms. The molecule has 0 aliphatic rings. The van der Waals surface area contributed by atoms with E-state index in [4.69, 9.17) is 16.3 Å². The maximum atomic E-state index is 11.1. The molecule has 0 aromatic heterocycles. The number of halogens is 1. The van der Waals surface area contributed by atoms with Crippen molar-refractivity contribution in [1.29, 1.82) is 0 Å². The highest BCUT2D eigenvalue weighted by molar-refractivity contribution is 6.30. The number of carbonyl (C=O) groups excluding carboxylic acids is 1. The number of ether oxygens (including phenoxy) is 1. The van der Waals surface area contributed by atoms with Gasteiger partial charge in [-0.25, -0.2) is 0 Å². The van der Waals surface area contributed by atoms with Crippen LogP contribution in [0.1, 0.15) is 23.6 Å². The highest BCUT2D eigenvalue weighted by Gasteiger charge is 2.05. The van der Waals surface area contributed by atoms with Crippen LogP contribution in [0.25, 0.3) is 12.2 Å². The Morgan fingerprint density at radius 1 is 1.10 bits per heavy atom. The highest BCUT2D eigenvalue weighted by atomic mass is 35.5. The Morgan fingerprint density at radius 2 is 1.80 bits per heavy atom. The number of benzene rings is 2. The summed E-state index contributed by atoms with van der Waals surface area (Å²) < 4.78 is 5.17. The van der Waals surface area contributed by atoms with Crippen LogP contribution in [0.2, 0.25) is 5.02 Å². The van der Waals surface area contributed by atoms with E-state index in [1.54, 1.807) is 18.2 Å². The smallest absolute Gasteiger partial charge is 0.308 e. The third kappa shape index (κ3) is 3.72. The lowest BCUT2D eigenvalue weighted by molar-refractivity contribution is -0.131. The minimum absolute atomic E-state index is 0.349. The van der Waals surface area contributed by atoms with Gasteiger partial charge in [0.25, 0.3) is 0 Å². The Bertz CT molecular complexity index is 660. The molecule has 0 spiro atoms. The number of esters is 1. The lowest BCUT2D eigenvalue weighted by atomic mass is 10.1. The predicted octanol–water partition coefficient (Wildman–Crippen LogP) is 4.74. The molecule has 0 fully saturated rings. The van der Waals surface area contributed by atoms with Crippen LogP contribution in [-0.2, 0) is 4.79 Å². The molecule has 3 heteroatoms. The van der Waals surface area contributed by atoms with E-state index in [-0.39, 0.29) is 5.97 Å². The summed E-state index contributed by atoms with van der Waals surface area (Å²) in [6.07, 6.45) is 3.88. The summed E-state index contributed by atoms with van der Waals surface area (Å²) in [6.45, 7) is 3.42. The fourth-order valence-electron chi connectivity index (χ4n) is 1.85. The number of hydrogen-bond donors (Lipinski definition) is 0. The molecule has 2 nitrogen and oxygen atoms in total. The van der Waals surface area contributed by atoms with Gasteiger partial charge in [-0.05, 0) is 36.2 Å². The molecule has 0 heterocycles. The van der Waals surface area contributed by atoms with Crippen molar-refractivity contribution in [3.8, 4) is 5.75 Å². The normalized spacial score (nSPS) is 10.8. The predicted molar refractivity (Wildman–Crippen MR) is 82.9 cm³/mol. The summed E-state index contributed by atoms with van der Waals surface area (Å²) in [5, 5.41) is 0.602. The van der Waals surface area contributed by atoms with E-state index < -0.39 is 0 Å². The molecule has 0 unspecified atom stereocenters.